The fourth-order valence-electron chi connectivity index (χ4n) is 2.20. The lowest BCUT2D eigenvalue weighted by Gasteiger charge is -2.08. The Bertz CT molecular complexity index is 959. The van der Waals surface area contributed by atoms with E-state index in [9.17, 15) is 13.6 Å². The van der Waals surface area contributed by atoms with Crippen LogP contribution in [0.3, 0.4) is 0 Å². The predicted octanol–water partition coefficient (Wildman–Crippen LogP) is 4.41. The molecule has 8 heteroatoms. The average Bonchev–Trinajstić information content (AvgIpc) is 3.06. The van der Waals surface area contributed by atoms with Gasteiger partial charge in [-0.15, -0.1) is 0 Å². The lowest BCUT2D eigenvalue weighted by atomic mass is 10.2. The average molecular weight is 378 g/mol. The van der Waals surface area contributed by atoms with Crippen LogP contribution in [0.15, 0.2) is 48.7 Å². The third kappa shape index (κ3) is 4.18. The van der Waals surface area contributed by atoms with E-state index in [0.717, 1.165) is 17.7 Å². The molecule has 0 atom stereocenters. The first kappa shape index (κ1) is 17.9. The first-order chi connectivity index (χ1) is 12.4. The van der Waals surface area contributed by atoms with Crippen LogP contribution in [0.4, 0.5) is 14.5 Å². The number of rotatable bonds is 5. The monoisotopic (exact) mass is 377 g/mol. The van der Waals surface area contributed by atoms with Gasteiger partial charge >= 0.3 is 0 Å². The second-order valence-corrected chi connectivity index (χ2v) is 5.94. The molecule has 0 unspecified atom stereocenters. The number of halogens is 3. The topological polar surface area (TPSA) is 56.2 Å². The van der Waals surface area contributed by atoms with Crippen molar-refractivity contribution >= 4 is 23.2 Å². The number of aryl methyl sites for hydroxylation is 1. The zero-order valence-corrected chi connectivity index (χ0v) is 14.4. The van der Waals surface area contributed by atoms with Gasteiger partial charge in [0.2, 0.25) is 0 Å². The fraction of sp³-hybridized carbons (Fsp3) is 0.111. The minimum absolute atomic E-state index is 0.109. The fourth-order valence-corrected chi connectivity index (χ4v) is 2.37. The molecule has 0 saturated carbocycles. The number of carbonyl (C=O) groups excluding carboxylic acids is 1. The highest BCUT2D eigenvalue weighted by atomic mass is 35.5. The molecule has 0 bridgehead atoms. The predicted molar refractivity (Wildman–Crippen MR) is 93.4 cm³/mol. The first-order valence-electron chi connectivity index (χ1n) is 7.61. The molecule has 134 valence electrons. The standard InChI is InChI=1S/C18H14ClF2N3O2/c1-11-2-3-12(19)8-16(11)22-18(25)15-6-7-24(23-15)10-26-17-5-4-13(20)9-14(17)21/h2-9H,10H2,1H3,(H,22,25). The highest BCUT2D eigenvalue weighted by Gasteiger charge is 2.12. The van der Waals surface area contributed by atoms with Crippen LogP contribution in [0.2, 0.25) is 5.02 Å². The van der Waals surface area contributed by atoms with Gasteiger partial charge in [-0.25, -0.2) is 13.5 Å². The van der Waals surface area contributed by atoms with E-state index in [4.69, 9.17) is 16.3 Å². The number of carbonyl (C=O) groups is 1. The molecule has 0 radical (unpaired) electrons. The van der Waals surface area contributed by atoms with Gasteiger partial charge < -0.3 is 10.1 Å². The second-order valence-electron chi connectivity index (χ2n) is 5.50. The summed E-state index contributed by atoms with van der Waals surface area (Å²) in [6.45, 7) is 1.71. The van der Waals surface area contributed by atoms with E-state index < -0.39 is 17.5 Å². The number of aromatic nitrogens is 2. The number of amides is 1. The molecule has 0 aliphatic heterocycles. The molecule has 26 heavy (non-hydrogen) atoms. The van der Waals surface area contributed by atoms with Crippen molar-refractivity contribution in [3.8, 4) is 5.75 Å². The Morgan fingerprint density at radius 2 is 2.04 bits per heavy atom. The van der Waals surface area contributed by atoms with Crippen LogP contribution in [0.5, 0.6) is 5.75 Å². The highest BCUT2D eigenvalue weighted by molar-refractivity contribution is 6.31. The molecule has 0 aliphatic carbocycles. The van der Waals surface area contributed by atoms with Gasteiger partial charge in [-0.1, -0.05) is 17.7 Å². The summed E-state index contributed by atoms with van der Waals surface area (Å²) in [7, 11) is 0. The molecule has 0 spiro atoms. The lowest BCUT2D eigenvalue weighted by molar-refractivity contribution is 0.102. The molecule has 1 heterocycles. The van der Waals surface area contributed by atoms with Gasteiger partial charge in [-0.2, -0.15) is 5.10 Å². The van der Waals surface area contributed by atoms with Gasteiger partial charge in [0.25, 0.3) is 5.91 Å². The number of anilines is 1. The third-order valence-electron chi connectivity index (χ3n) is 3.57. The van der Waals surface area contributed by atoms with Crippen LogP contribution in [0.1, 0.15) is 16.1 Å². The van der Waals surface area contributed by atoms with Gasteiger partial charge in [0, 0.05) is 23.0 Å². The summed E-state index contributed by atoms with van der Waals surface area (Å²) in [5, 5.41) is 7.30. The Kier molecular flexibility index (Phi) is 5.18. The Morgan fingerprint density at radius 3 is 2.81 bits per heavy atom. The van der Waals surface area contributed by atoms with E-state index >= 15 is 0 Å². The number of hydrogen-bond acceptors (Lipinski definition) is 3. The molecule has 1 N–H and O–H groups in total. The van der Waals surface area contributed by atoms with Crippen LogP contribution < -0.4 is 10.1 Å². The first-order valence-corrected chi connectivity index (χ1v) is 7.99. The second kappa shape index (κ2) is 7.53. The zero-order chi connectivity index (χ0) is 18.7. The number of ether oxygens (including phenoxy) is 1. The maximum atomic E-state index is 13.5. The summed E-state index contributed by atoms with van der Waals surface area (Å²) < 4.78 is 33.0. The molecule has 0 aliphatic rings. The van der Waals surface area contributed by atoms with Crippen LogP contribution in [-0.4, -0.2) is 15.7 Å². The molecule has 2 aromatic carbocycles. The van der Waals surface area contributed by atoms with Crippen LogP contribution in [0, 0.1) is 18.6 Å². The molecule has 1 aromatic heterocycles. The van der Waals surface area contributed by atoms with E-state index in [1.165, 1.54) is 23.0 Å². The smallest absolute Gasteiger partial charge is 0.276 e. The van der Waals surface area contributed by atoms with Crippen molar-refractivity contribution in [2.45, 2.75) is 13.7 Å². The van der Waals surface area contributed by atoms with E-state index in [1.54, 1.807) is 18.2 Å². The number of hydrogen-bond donors (Lipinski definition) is 1. The molecule has 1 amide bonds. The van der Waals surface area contributed by atoms with Crippen molar-refractivity contribution in [1.82, 2.24) is 9.78 Å². The van der Waals surface area contributed by atoms with Gasteiger partial charge in [-0.05, 0) is 42.8 Å². The highest BCUT2D eigenvalue weighted by Crippen LogP contribution is 2.21. The Balaban J connectivity index is 1.65. The molecule has 0 fully saturated rings. The van der Waals surface area contributed by atoms with Crippen molar-refractivity contribution in [3.63, 3.8) is 0 Å². The summed E-state index contributed by atoms with van der Waals surface area (Å²) in [6.07, 6.45) is 1.52. The molecule has 3 aromatic rings. The van der Waals surface area contributed by atoms with Crippen molar-refractivity contribution < 1.29 is 18.3 Å². The molecule has 5 nitrogen and oxygen atoms in total. The van der Waals surface area contributed by atoms with Crippen molar-refractivity contribution in [2.24, 2.45) is 0 Å². The minimum Gasteiger partial charge on any atom is -0.468 e. The Labute approximate surface area is 153 Å². The van der Waals surface area contributed by atoms with Gasteiger partial charge in [0.05, 0.1) is 0 Å². The Hall–Kier alpha value is -2.93. The van der Waals surface area contributed by atoms with Gasteiger partial charge in [0.15, 0.2) is 24.0 Å². The summed E-state index contributed by atoms with van der Waals surface area (Å²) in [5.41, 5.74) is 1.60. The van der Waals surface area contributed by atoms with Crippen molar-refractivity contribution in [1.29, 1.82) is 0 Å². The summed E-state index contributed by atoms with van der Waals surface area (Å²) >= 11 is 5.93. The normalized spacial score (nSPS) is 10.6. The van der Waals surface area contributed by atoms with Crippen molar-refractivity contribution in [2.75, 3.05) is 5.32 Å². The molecular formula is C18H14ClF2N3O2. The van der Waals surface area contributed by atoms with Crippen molar-refractivity contribution in [3.05, 3.63) is 76.6 Å². The minimum atomic E-state index is -0.813. The maximum Gasteiger partial charge on any atom is 0.276 e. The zero-order valence-electron chi connectivity index (χ0n) is 13.7. The number of nitrogens with zero attached hydrogens (tertiary/aromatic N) is 2. The summed E-state index contributed by atoms with van der Waals surface area (Å²) in [4.78, 5) is 12.3. The lowest BCUT2D eigenvalue weighted by Crippen LogP contribution is -2.15. The van der Waals surface area contributed by atoms with E-state index in [0.29, 0.717) is 10.7 Å². The van der Waals surface area contributed by atoms with E-state index in [-0.39, 0.29) is 18.2 Å². The quantitative estimate of drug-likeness (QED) is 0.716. The van der Waals surface area contributed by atoms with Crippen LogP contribution in [-0.2, 0) is 6.73 Å². The number of nitrogens with one attached hydrogen (secondary N) is 1. The van der Waals surface area contributed by atoms with E-state index in [2.05, 4.69) is 10.4 Å². The van der Waals surface area contributed by atoms with Crippen LogP contribution in [0.25, 0.3) is 0 Å². The largest absolute Gasteiger partial charge is 0.468 e. The SMILES string of the molecule is Cc1ccc(Cl)cc1NC(=O)c1ccn(COc2ccc(F)cc2F)n1. The molecule has 0 saturated heterocycles. The van der Waals surface area contributed by atoms with Crippen LogP contribution >= 0.6 is 11.6 Å². The maximum absolute atomic E-state index is 13.5. The third-order valence-corrected chi connectivity index (χ3v) is 3.80. The molecule has 3 rings (SSSR count). The van der Waals surface area contributed by atoms with Gasteiger partial charge in [-0.3, -0.25) is 4.79 Å². The Morgan fingerprint density at radius 1 is 1.23 bits per heavy atom. The summed E-state index contributed by atoms with van der Waals surface area (Å²) in [6, 6.07) is 9.67. The molecular weight excluding hydrogens is 364 g/mol. The number of benzene rings is 2. The van der Waals surface area contributed by atoms with Gasteiger partial charge in [0.1, 0.15) is 5.82 Å². The van der Waals surface area contributed by atoms with E-state index in [1.807, 2.05) is 6.92 Å². The summed E-state index contributed by atoms with van der Waals surface area (Å²) in [5.74, 6) is -2.03.